The largest absolute Gasteiger partial charge is 0.480 e. The summed E-state index contributed by atoms with van der Waals surface area (Å²) in [6.45, 7) is 3.90. The summed E-state index contributed by atoms with van der Waals surface area (Å²) >= 11 is 1.18. The van der Waals surface area contributed by atoms with E-state index in [0.29, 0.717) is 12.8 Å². The number of esters is 1. The lowest BCUT2D eigenvalue weighted by Crippen LogP contribution is -2.36. The predicted octanol–water partition coefficient (Wildman–Crippen LogP) is 2.32. The molecule has 0 saturated carbocycles. The second-order valence-corrected chi connectivity index (χ2v) is 5.02. The zero-order valence-corrected chi connectivity index (χ0v) is 10.9. The summed E-state index contributed by atoms with van der Waals surface area (Å²) in [5.41, 5.74) is 0. The highest BCUT2D eigenvalue weighted by atomic mass is 32.2. The van der Waals surface area contributed by atoms with Gasteiger partial charge in [0.25, 0.3) is 0 Å². The first kappa shape index (κ1) is 15.3. The Hall–Kier alpha value is -0.710. The van der Waals surface area contributed by atoms with Crippen molar-refractivity contribution in [3.05, 3.63) is 0 Å². The number of methoxy groups -OCH3 is 1. The molecule has 0 aromatic heterocycles. The lowest BCUT2D eigenvalue weighted by molar-refractivity contribution is -0.140. The van der Waals surface area contributed by atoms with Gasteiger partial charge in [0, 0.05) is 0 Å². The Labute approximate surface area is 101 Å². The van der Waals surface area contributed by atoms with Crippen LogP contribution in [-0.2, 0) is 14.3 Å². The maximum absolute atomic E-state index is 11.3. The second kappa shape index (κ2) is 7.54. The van der Waals surface area contributed by atoms with Crippen LogP contribution in [0.4, 0.5) is 0 Å². The van der Waals surface area contributed by atoms with E-state index in [1.807, 2.05) is 13.8 Å². The van der Waals surface area contributed by atoms with Gasteiger partial charge in [0.15, 0.2) is 0 Å². The van der Waals surface area contributed by atoms with Crippen molar-refractivity contribution in [1.29, 1.82) is 0 Å². The lowest BCUT2D eigenvalue weighted by Gasteiger charge is -2.27. The molecule has 0 unspecified atom stereocenters. The molecule has 0 spiro atoms. The predicted molar refractivity (Wildman–Crippen MR) is 64.7 cm³/mol. The third kappa shape index (κ3) is 4.43. The van der Waals surface area contributed by atoms with Gasteiger partial charge in [0.05, 0.1) is 12.9 Å². The molecule has 0 aromatic carbocycles. The fraction of sp³-hybridized carbons (Fsp3) is 0.818. The van der Waals surface area contributed by atoms with Crippen LogP contribution < -0.4 is 0 Å². The lowest BCUT2D eigenvalue weighted by atomic mass is 9.97. The number of rotatable bonds is 8. The van der Waals surface area contributed by atoms with Crippen LogP contribution in [-0.4, -0.2) is 34.7 Å². The topological polar surface area (TPSA) is 63.6 Å². The van der Waals surface area contributed by atoms with Gasteiger partial charge in [-0.15, -0.1) is 11.8 Å². The number of hydrogen-bond acceptors (Lipinski definition) is 4. The molecule has 0 amide bonds. The van der Waals surface area contributed by atoms with Crippen LogP contribution in [0.3, 0.4) is 0 Å². The fourth-order valence-corrected chi connectivity index (χ4v) is 2.94. The summed E-state index contributed by atoms with van der Waals surface area (Å²) in [7, 11) is 1.31. The molecule has 5 heteroatoms. The zero-order valence-electron chi connectivity index (χ0n) is 10.1. The van der Waals surface area contributed by atoms with Crippen molar-refractivity contribution >= 4 is 23.7 Å². The molecule has 0 radical (unpaired) electrons. The Morgan fingerprint density at radius 2 is 1.75 bits per heavy atom. The molecule has 0 fully saturated rings. The van der Waals surface area contributed by atoms with E-state index in [-0.39, 0.29) is 11.7 Å². The number of thioether (sulfide) groups is 1. The summed E-state index contributed by atoms with van der Waals surface area (Å²) in [5, 5.41) is 9.30. The van der Waals surface area contributed by atoms with E-state index in [4.69, 9.17) is 0 Å². The van der Waals surface area contributed by atoms with E-state index in [9.17, 15) is 14.7 Å². The van der Waals surface area contributed by atoms with E-state index < -0.39 is 10.7 Å². The molecule has 0 aliphatic carbocycles. The Bertz CT molecular complexity index is 234. The summed E-state index contributed by atoms with van der Waals surface area (Å²) in [6.07, 6.45) is 2.75. The van der Waals surface area contributed by atoms with Gasteiger partial charge in [-0.05, 0) is 12.8 Å². The van der Waals surface area contributed by atoms with Crippen molar-refractivity contribution in [1.82, 2.24) is 0 Å². The van der Waals surface area contributed by atoms with Gasteiger partial charge < -0.3 is 9.84 Å². The minimum Gasteiger partial charge on any atom is -0.480 e. The molecule has 0 bridgehead atoms. The Kier molecular flexibility index (Phi) is 7.21. The molecule has 16 heavy (non-hydrogen) atoms. The van der Waals surface area contributed by atoms with E-state index in [0.717, 1.165) is 12.8 Å². The van der Waals surface area contributed by atoms with Crippen molar-refractivity contribution in [2.75, 3.05) is 12.9 Å². The second-order valence-electron chi connectivity index (χ2n) is 3.66. The summed E-state index contributed by atoms with van der Waals surface area (Å²) < 4.78 is 3.69. The van der Waals surface area contributed by atoms with Gasteiger partial charge in [-0.2, -0.15) is 0 Å². The highest BCUT2D eigenvalue weighted by Gasteiger charge is 2.37. The van der Waals surface area contributed by atoms with Crippen molar-refractivity contribution < 1.29 is 19.4 Å². The summed E-state index contributed by atoms with van der Waals surface area (Å²) in [4.78, 5) is 22.4. The van der Waals surface area contributed by atoms with Gasteiger partial charge in [0.2, 0.25) is 0 Å². The standard InChI is InChI=1S/C11H20O4S/c1-4-6-11(7-5-2,10(13)14)16-8-9(12)15-3/h4-8H2,1-3H3,(H,13,14). The van der Waals surface area contributed by atoms with Gasteiger partial charge >= 0.3 is 11.9 Å². The Balaban J connectivity index is 4.60. The van der Waals surface area contributed by atoms with Crippen molar-refractivity contribution in [3.8, 4) is 0 Å². The van der Waals surface area contributed by atoms with Crippen LogP contribution in [0.15, 0.2) is 0 Å². The monoisotopic (exact) mass is 248 g/mol. The highest BCUT2D eigenvalue weighted by molar-refractivity contribution is 8.02. The first-order chi connectivity index (χ1) is 7.52. The highest BCUT2D eigenvalue weighted by Crippen LogP contribution is 2.35. The number of carboxylic acids is 1. The van der Waals surface area contributed by atoms with E-state index in [1.54, 1.807) is 0 Å². The van der Waals surface area contributed by atoms with Gasteiger partial charge in [-0.3, -0.25) is 9.59 Å². The van der Waals surface area contributed by atoms with E-state index in [2.05, 4.69) is 4.74 Å². The minimum absolute atomic E-state index is 0.100. The fourth-order valence-electron chi connectivity index (χ4n) is 1.61. The Morgan fingerprint density at radius 3 is 2.06 bits per heavy atom. The molecule has 0 aliphatic rings. The maximum atomic E-state index is 11.3. The molecular weight excluding hydrogens is 228 g/mol. The third-order valence-electron chi connectivity index (χ3n) is 2.39. The van der Waals surface area contributed by atoms with Gasteiger partial charge in [-0.1, -0.05) is 26.7 Å². The number of carboxylic acid groups (broad SMARTS) is 1. The van der Waals surface area contributed by atoms with Crippen LogP contribution in [0.1, 0.15) is 39.5 Å². The SMILES string of the molecule is CCCC(CCC)(SCC(=O)OC)C(=O)O. The number of hydrogen-bond donors (Lipinski definition) is 1. The molecule has 0 rings (SSSR count). The van der Waals surface area contributed by atoms with Gasteiger partial charge in [0.1, 0.15) is 4.75 Å². The van der Waals surface area contributed by atoms with Crippen molar-refractivity contribution in [3.63, 3.8) is 0 Å². The molecule has 0 atom stereocenters. The van der Waals surface area contributed by atoms with Crippen LogP contribution in [0.25, 0.3) is 0 Å². The quantitative estimate of drug-likeness (QED) is 0.668. The summed E-state index contributed by atoms with van der Waals surface area (Å²) in [5.74, 6) is -1.10. The first-order valence-electron chi connectivity index (χ1n) is 5.46. The van der Waals surface area contributed by atoms with Crippen molar-refractivity contribution in [2.45, 2.75) is 44.3 Å². The summed E-state index contributed by atoms with van der Waals surface area (Å²) in [6, 6.07) is 0. The zero-order chi connectivity index (χ0) is 12.6. The normalized spacial score (nSPS) is 11.2. The van der Waals surface area contributed by atoms with E-state index in [1.165, 1.54) is 18.9 Å². The number of aliphatic carboxylic acids is 1. The maximum Gasteiger partial charge on any atom is 0.319 e. The molecular formula is C11H20O4S. The number of ether oxygens (including phenoxy) is 1. The Morgan fingerprint density at radius 1 is 1.25 bits per heavy atom. The molecule has 1 N–H and O–H groups in total. The molecule has 0 heterocycles. The first-order valence-corrected chi connectivity index (χ1v) is 6.45. The molecule has 4 nitrogen and oxygen atoms in total. The number of carbonyl (C=O) groups excluding carboxylic acids is 1. The van der Waals surface area contributed by atoms with Crippen LogP contribution in [0, 0.1) is 0 Å². The van der Waals surface area contributed by atoms with E-state index >= 15 is 0 Å². The van der Waals surface area contributed by atoms with Crippen molar-refractivity contribution in [2.24, 2.45) is 0 Å². The third-order valence-corrected chi connectivity index (χ3v) is 3.91. The average Bonchev–Trinajstić information content (AvgIpc) is 2.25. The molecule has 0 saturated heterocycles. The minimum atomic E-state index is -0.836. The molecule has 94 valence electrons. The smallest absolute Gasteiger partial charge is 0.319 e. The average molecular weight is 248 g/mol. The van der Waals surface area contributed by atoms with Crippen LogP contribution in [0.5, 0.6) is 0 Å². The number of carbonyl (C=O) groups is 2. The van der Waals surface area contributed by atoms with Gasteiger partial charge in [-0.25, -0.2) is 0 Å². The van der Waals surface area contributed by atoms with Crippen LogP contribution in [0.2, 0.25) is 0 Å². The molecule has 0 aliphatic heterocycles. The molecule has 0 aromatic rings. The van der Waals surface area contributed by atoms with Crippen LogP contribution >= 0.6 is 11.8 Å².